The van der Waals surface area contributed by atoms with Crippen molar-refractivity contribution in [1.82, 2.24) is 4.57 Å². The maximum atomic E-state index is 13.8. The van der Waals surface area contributed by atoms with Crippen molar-refractivity contribution in [1.29, 1.82) is 0 Å². The number of rotatable bonds is 9. The summed E-state index contributed by atoms with van der Waals surface area (Å²) >= 11 is 13.8. The molecule has 7 nitrogen and oxygen atoms in total. The van der Waals surface area contributed by atoms with Gasteiger partial charge in [-0.05, 0) is 37.1 Å². The molecule has 0 saturated heterocycles. The Labute approximate surface area is 228 Å². The molecule has 1 aliphatic rings. The summed E-state index contributed by atoms with van der Waals surface area (Å²) in [7, 11) is 1.53. The minimum absolute atomic E-state index is 0.0739. The predicted molar refractivity (Wildman–Crippen MR) is 145 cm³/mol. The molecule has 1 atom stereocenters. The molecular weight excluding hydrogens is 535 g/mol. The fourth-order valence-corrected chi connectivity index (χ4v) is 5.40. The molecule has 3 aromatic rings. The summed E-state index contributed by atoms with van der Waals surface area (Å²) in [5.74, 6) is 0.0134. The van der Waals surface area contributed by atoms with Gasteiger partial charge in [-0.2, -0.15) is 0 Å². The van der Waals surface area contributed by atoms with Crippen LogP contribution in [0.4, 0.5) is 0 Å². The van der Waals surface area contributed by atoms with E-state index in [1.807, 2.05) is 31.2 Å². The second-order valence-electron chi connectivity index (χ2n) is 8.24. The topological polar surface area (TPSA) is 79.1 Å². The van der Waals surface area contributed by atoms with Gasteiger partial charge in [-0.25, -0.2) is 9.79 Å². The van der Waals surface area contributed by atoms with Crippen molar-refractivity contribution in [3.63, 3.8) is 0 Å². The monoisotopic (exact) mass is 560 g/mol. The summed E-state index contributed by atoms with van der Waals surface area (Å²) in [4.78, 5) is 32.2. The second-order valence-corrected chi connectivity index (χ2v) is 10.0. The van der Waals surface area contributed by atoms with E-state index in [1.165, 1.54) is 23.0 Å². The van der Waals surface area contributed by atoms with Gasteiger partial charge in [0.05, 0.1) is 39.1 Å². The highest BCUT2D eigenvalue weighted by Crippen LogP contribution is 2.36. The van der Waals surface area contributed by atoms with Crippen molar-refractivity contribution in [2.75, 3.05) is 26.9 Å². The first-order valence-electron chi connectivity index (χ1n) is 11.7. The van der Waals surface area contributed by atoms with Gasteiger partial charge in [0.25, 0.3) is 5.56 Å². The Kier molecular flexibility index (Phi) is 8.87. The van der Waals surface area contributed by atoms with Crippen LogP contribution in [-0.4, -0.2) is 37.5 Å². The summed E-state index contributed by atoms with van der Waals surface area (Å²) in [5, 5.41) is 0.739. The lowest BCUT2D eigenvalue weighted by atomic mass is 9.95. The number of allylic oxidation sites excluding steroid dienone is 1. The highest BCUT2D eigenvalue weighted by Gasteiger charge is 2.35. The molecular formula is C27H26Cl2N2O5S. The maximum Gasteiger partial charge on any atom is 0.338 e. The van der Waals surface area contributed by atoms with Gasteiger partial charge < -0.3 is 14.2 Å². The minimum Gasteiger partial charge on any atom is -0.493 e. The number of nitrogens with zero attached hydrogens (tertiary/aromatic N) is 2. The van der Waals surface area contributed by atoms with Crippen LogP contribution in [0.3, 0.4) is 0 Å². The molecule has 1 aliphatic heterocycles. The third-order valence-electron chi connectivity index (χ3n) is 5.71. The zero-order valence-electron chi connectivity index (χ0n) is 20.6. The molecule has 4 rings (SSSR count). The number of carbonyl (C=O) groups excluding carboxylic acids is 1. The molecule has 0 bridgehead atoms. The summed E-state index contributed by atoms with van der Waals surface area (Å²) < 4.78 is 18.4. The van der Waals surface area contributed by atoms with E-state index in [9.17, 15) is 9.59 Å². The Balaban J connectivity index is 1.93. The number of para-hydroxylation sites is 1. The van der Waals surface area contributed by atoms with Gasteiger partial charge in [-0.15, -0.1) is 0 Å². The maximum absolute atomic E-state index is 13.8. The Morgan fingerprint density at radius 1 is 1.14 bits per heavy atom. The fourth-order valence-electron chi connectivity index (χ4n) is 4.00. The molecule has 0 amide bonds. The van der Waals surface area contributed by atoms with E-state index in [0.717, 1.165) is 6.42 Å². The van der Waals surface area contributed by atoms with Crippen molar-refractivity contribution < 1.29 is 19.0 Å². The van der Waals surface area contributed by atoms with E-state index < -0.39 is 12.0 Å². The lowest BCUT2D eigenvalue weighted by molar-refractivity contribution is -0.140. The quantitative estimate of drug-likeness (QED) is 0.284. The Morgan fingerprint density at radius 2 is 1.92 bits per heavy atom. The van der Waals surface area contributed by atoms with Crippen LogP contribution in [0.2, 0.25) is 10.0 Å². The fraction of sp³-hybridized carbons (Fsp3) is 0.296. The molecule has 0 N–H and O–H groups in total. The van der Waals surface area contributed by atoms with E-state index in [4.69, 9.17) is 37.4 Å². The molecule has 0 fully saturated rings. The van der Waals surface area contributed by atoms with Gasteiger partial charge in [-0.3, -0.25) is 9.36 Å². The SMILES string of the molecule is CCCOc1ccccc1[C@@H]1C(C(=O)OCCOC)=C(C)N=c2s/c(=C/c3cccc(Cl)c3Cl)c(=O)n21. The van der Waals surface area contributed by atoms with Gasteiger partial charge in [0.2, 0.25) is 0 Å². The number of methoxy groups -OCH3 is 1. The average molecular weight is 561 g/mol. The highest BCUT2D eigenvalue weighted by atomic mass is 35.5. The number of hydrogen-bond acceptors (Lipinski definition) is 7. The predicted octanol–water partition coefficient (Wildman–Crippen LogP) is 4.52. The number of benzene rings is 2. The molecule has 0 aliphatic carbocycles. The molecule has 194 valence electrons. The number of aromatic nitrogens is 1. The summed E-state index contributed by atoms with van der Waals surface area (Å²) in [6.07, 6.45) is 2.49. The Hall–Kier alpha value is -2.91. The number of fused-ring (bicyclic) bond motifs is 1. The van der Waals surface area contributed by atoms with Crippen LogP contribution >= 0.6 is 34.5 Å². The number of carbonyl (C=O) groups is 1. The van der Waals surface area contributed by atoms with E-state index in [-0.39, 0.29) is 24.3 Å². The van der Waals surface area contributed by atoms with Crippen molar-refractivity contribution in [2.45, 2.75) is 26.3 Å². The van der Waals surface area contributed by atoms with Gasteiger partial charge in [0, 0.05) is 12.7 Å². The normalized spacial score (nSPS) is 15.4. The van der Waals surface area contributed by atoms with Crippen molar-refractivity contribution >= 4 is 46.6 Å². The van der Waals surface area contributed by atoms with Crippen LogP contribution in [0.5, 0.6) is 5.75 Å². The molecule has 2 heterocycles. The standard InChI is InChI=1S/C27H26Cl2N2O5S/c1-4-12-35-20-11-6-5-9-18(20)24-22(26(33)36-14-13-34-3)16(2)30-27-31(24)25(32)21(37-27)15-17-8-7-10-19(28)23(17)29/h5-11,15,24H,4,12-14H2,1-3H3/b21-15+/t24-/m1/s1. The Morgan fingerprint density at radius 3 is 2.68 bits per heavy atom. The van der Waals surface area contributed by atoms with Crippen LogP contribution in [0.15, 0.2) is 63.5 Å². The number of thiazole rings is 1. The van der Waals surface area contributed by atoms with Gasteiger partial charge in [0.1, 0.15) is 18.4 Å². The Bertz CT molecular complexity index is 1530. The lowest BCUT2D eigenvalue weighted by Crippen LogP contribution is -2.40. The first-order valence-corrected chi connectivity index (χ1v) is 13.3. The zero-order chi connectivity index (χ0) is 26.5. The third kappa shape index (κ3) is 5.67. The molecule has 1 aromatic heterocycles. The van der Waals surface area contributed by atoms with Crippen LogP contribution < -0.4 is 19.6 Å². The lowest BCUT2D eigenvalue weighted by Gasteiger charge is -2.26. The first kappa shape index (κ1) is 27.1. The van der Waals surface area contributed by atoms with Crippen LogP contribution in [0.1, 0.15) is 37.4 Å². The average Bonchev–Trinajstić information content (AvgIpc) is 3.19. The van der Waals surface area contributed by atoms with E-state index >= 15 is 0 Å². The molecule has 0 spiro atoms. The van der Waals surface area contributed by atoms with Crippen molar-refractivity contribution in [2.24, 2.45) is 4.99 Å². The summed E-state index contributed by atoms with van der Waals surface area (Å²) in [5.41, 5.74) is 1.69. The van der Waals surface area contributed by atoms with E-state index in [2.05, 4.69) is 4.99 Å². The molecule has 0 saturated carbocycles. The summed E-state index contributed by atoms with van der Waals surface area (Å²) in [6, 6.07) is 11.8. The first-order chi connectivity index (χ1) is 17.9. The molecule has 2 aromatic carbocycles. The van der Waals surface area contributed by atoms with Gasteiger partial charge >= 0.3 is 5.97 Å². The largest absolute Gasteiger partial charge is 0.493 e. The van der Waals surface area contributed by atoms with E-state index in [0.29, 0.717) is 48.6 Å². The summed E-state index contributed by atoms with van der Waals surface area (Å²) in [6.45, 7) is 4.56. The van der Waals surface area contributed by atoms with Crippen LogP contribution in [0.25, 0.3) is 6.08 Å². The van der Waals surface area contributed by atoms with Gasteiger partial charge in [-0.1, -0.05) is 71.8 Å². The molecule has 0 radical (unpaired) electrons. The molecule has 37 heavy (non-hydrogen) atoms. The van der Waals surface area contributed by atoms with Crippen LogP contribution in [-0.2, 0) is 14.3 Å². The van der Waals surface area contributed by atoms with E-state index in [1.54, 1.807) is 31.2 Å². The number of esters is 1. The number of hydrogen-bond donors (Lipinski definition) is 0. The number of halogens is 2. The minimum atomic E-state index is -0.795. The molecule has 10 heteroatoms. The zero-order valence-corrected chi connectivity index (χ0v) is 23.0. The smallest absolute Gasteiger partial charge is 0.338 e. The van der Waals surface area contributed by atoms with Crippen molar-refractivity contribution in [3.8, 4) is 5.75 Å². The molecule has 0 unspecified atom stereocenters. The van der Waals surface area contributed by atoms with Gasteiger partial charge in [0.15, 0.2) is 4.80 Å². The van der Waals surface area contributed by atoms with Crippen molar-refractivity contribution in [3.05, 3.63) is 94.6 Å². The third-order valence-corrected chi connectivity index (χ3v) is 7.52. The highest BCUT2D eigenvalue weighted by molar-refractivity contribution is 7.07. The van der Waals surface area contributed by atoms with Crippen LogP contribution in [0, 0.1) is 0 Å². The second kappa shape index (κ2) is 12.1. The number of ether oxygens (including phenoxy) is 3.